The Morgan fingerprint density at radius 1 is 1.07 bits per heavy atom. The van der Waals surface area contributed by atoms with Crippen LogP contribution in [0.2, 0.25) is 0 Å². The van der Waals surface area contributed by atoms with E-state index in [9.17, 15) is 18.8 Å². The highest BCUT2D eigenvalue weighted by molar-refractivity contribution is 5.94. The Bertz CT molecular complexity index is 833. The highest BCUT2D eigenvalue weighted by atomic mass is 19.1. The summed E-state index contributed by atoms with van der Waals surface area (Å²) in [6.07, 6.45) is -0.129. The van der Waals surface area contributed by atoms with Crippen molar-refractivity contribution in [1.29, 1.82) is 0 Å². The molecule has 0 aliphatic rings. The summed E-state index contributed by atoms with van der Waals surface area (Å²) in [6, 6.07) is 10.5. The zero-order valence-corrected chi connectivity index (χ0v) is 15.1. The van der Waals surface area contributed by atoms with Gasteiger partial charge in [0.2, 0.25) is 0 Å². The lowest BCUT2D eigenvalue weighted by atomic mass is 10.0. The van der Waals surface area contributed by atoms with Crippen molar-refractivity contribution in [1.82, 2.24) is 5.32 Å². The highest BCUT2D eigenvalue weighted by Crippen LogP contribution is 2.21. The number of Topliss-reactive ketones (excluding diaryl/α,β-unsaturated/α-hetero) is 1. The molecule has 2 aromatic carbocycles. The fraction of sp³-hybridized carbons (Fsp3) is 0.250. The van der Waals surface area contributed by atoms with Gasteiger partial charge in [-0.2, -0.15) is 0 Å². The number of hydrogen-bond acceptors (Lipinski definition) is 5. The maximum absolute atomic E-state index is 12.8. The van der Waals surface area contributed by atoms with E-state index in [1.807, 2.05) is 0 Å². The van der Waals surface area contributed by atoms with E-state index in [1.54, 1.807) is 30.3 Å². The zero-order chi connectivity index (χ0) is 19.8. The van der Waals surface area contributed by atoms with Gasteiger partial charge in [-0.15, -0.1) is 0 Å². The zero-order valence-electron chi connectivity index (χ0n) is 15.1. The minimum atomic E-state index is -0.620. The number of benzene rings is 2. The van der Waals surface area contributed by atoms with E-state index in [1.165, 1.54) is 26.2 Å². The molecule has 6 nitrogen and oxygen atoms in total. The molecule has 0 aliphatic carbocycles. The third kappa shape index (κ3) is 6.22. The van der Waals surface area contributed by atoms with Gasteiger partial charge < -0.3 is 14.8 Å². The first-order valence-electron chi connectivity index (χ1n) is 8.23. The maximum Gasteiger partial charge on any atom is 0.310 e. The molecule has 0 unspecified atom stereocenters. The smallest absolute Gasteiger partial charge is 0.310 e. The van der Waals surface area contributed by atoms with Crippen molar-refractivity contribution >= 4 is 17.7 Å². The van der Waals surface area contributed by atoms with Crippen LogP contribution in [0.5, 0.6) is 5.75 Å². The molecule has 0 radical (unpaired) electrons. The van der Waals surface area contributed by atoms with Gasteiger partial charge in [-0.3, -0.25) is 14.4 Å². The van der Waals surface area contributed by atoms with E-state index in [0.29, 0.717) is 16.9 Å². The van der Waals surface area contributed by atoms with E-state index in [0.717, 1.165) is 5.56 Å². The van der Waals surface area contributed by atoms with Crippen LogP contribution in [0, 0.1) is 5.82 Å². The van der Waals surface area contributed by atoms with Crippen LogP contribution in [-0.2, 0) is 27.3 Å². The second-order valence-electron chi connectivity index (χ2n) is 5.82. The molecule has 1 N–H and O–H groups in total. The Kier molecular flexibility index (Phi) is 7.05. The summed E-state index contributed by atoms with van der Waals surface area (Å²) in [4.78, 5) is 35.2. The minimum absolute atomic E-state index is 0.129. The number of carbonyl (C=O) groups is 3. The third-order valence-electron chi connectivity index (χ3n) is 3.79. The first-order valence-corrected chi connectivity index (χ1v) is 8.23. The van der Waals surface area contributed by atoms with Gasteiger partial charge in [0.1, 0.15) is 11.6 Å². The highest BCUT2D eigenvalue weighted by Gasteiger charge is 2.14. The summed E-state index contributed by atoms with van der Waals surface area (Å²) in [7, 11) is 1.46. The molecule has 0 saturated heterocycles. The Balaban J connectivity index is 1.85. The summed E-state index contributed by atoms with van der Waals surface area (Å²) in [5.41, 5.74) is 1.68. The fourth-order valence-electron chi connectivity index (χ4n) is 2.34. The number of esters is 1. The van der Waals surface area contributed by atoms with Crippen molar-refractivity contribution in [3.63, 3.8) is 0 Å². The molecule has 0 fully saturated rings. The van der Waals surface area contributed by atoms with E-state index in [4.69, 9.17) is 9.47 Å². The average Bonchev–Trinajstić information content (AvgIpc) is 2.65. The topological polar surface area (TPSA) is 81.7 Å². The SMILES string of the molecule is COc1ccc(C(C)=O)cc1CC(=O)OCC(=O)NCc1ccc(F)cc1. The van der Waals surface area contributed by atoms with Gasteiger partial charge in [-0.25, -0.2) is 4.39 Å². The van der Waals surface area contributed by atoms with Crippen LogP contribution in [0.25, 0.3) is 0 Å². The van der Waals surface area contributed by atoms with Crippen LogP contribution < -0.4 is 10.1 Å². The normalized spacial score (nSPS) is 10.2. The lowest BCUT2D eigenvalue weighted by molar-refractivity contribution is -0.147. The van der Waals surface area contributed by atoms with Crippen LogP contribution in [0.3, 0.4) is 0 Å². The number of hydrogen-bond donors (Lipinski definition) is 1. The Morgan fingerprint density at radius 3 is 2.41 bits per heavy atom. The maximum atomic E-state index is 12.8. The quantitative estimate of drug-likeness (QED) is 0.568. The standard InChI is InChI=1S/C20H20FNO5/c1-13(23)15-5-8-18(26-2)16(9-15)10-20(25)27-12-19(24)22-11-14-3-6-17(21)7-4-14/h3-9H,10-12H2,1-2H3,(H,22,24). The predicted octanol–water partition coefficient (Wildman–Crippen LogP) is 2.44. The monoisotopic (exact) mass is 373 g/mol. The van der Waals surface area contributed by atoms with Gasteiger partial charge in [-0.1, -0.05) is 12.1 Å². The first kappa shape index (κ1) is 20.1. The third-order valence-corrected chi connectivity index (χ3v) is 3.79. The van der Waals surface area contributed by atoms with Gasteiger partial charge >= 0.3 is 5.97 Å². The molecule has 0 heterocycles. The van der Waals surface area contributed by atoms with Crippen molar-refractivity contribution in [3.8, 4) is 5.75 Å². The number of methoxy groups -OCH3 is 1. The minimum Gasteiger partial charge on any atom is -0.496 e. The molecule has 2 rings (SSSR count). The van der Waals surface area contributed by atoms with Crippen molar-refractivity contribution in [2.45, 2.75) is 19.9 Å². The van der Waals surface area contributed by atoms with Crippen LogP contribution in [0.1, 0.15) is 28.4 Å². The summed E-state index contributed by atoms with van der Waals surface area (Å²) < 4.78 is 23.0. The molecule has 0 aromatic heterocycles. The molecular formula is C20H20FNO5. The van der Waals surface area contributed by atoms with Gasteiger partial charge in [0.25, 0.3) is 5.91 Å². The van der Waals surface area contributed by atoms with Gasteiger partial charge in [0.15, 0.2) is 12.4 Å². The molecule has 27 heavy (non-hydrogen) atoms. The molecule has 7 heteroatoms. The molecule has 0 spiro atoms. The largest absolute Gasteiger partial charge is 0.496 e. The van der Waals surface area contributed by atoms with Gasteiger partial charge in [-0.05, 0) is 42.8 Å². The van der Waals surface area contributed by atoms with Gasteiger partial charge in [0, 0.05) is 17.7 Å². The van der Waals surface area contributed by atoms with Crippen LogP contribution >= 0.6 is 0 Å². The molecule has 0 atom stereocenters. The summed E-state index contributed by atoms with van der Waals surface area (Å²) in [5, 5.41) is 2.58. The molecule has 0 saturated carbocycles. The molecule has 0 bridgehead atoms. The Morgan fingerprint density at radius 2 is 1.78 bits per heavy atom. The van der Waals surface area contributed by atoms with Crippen LogP contribution in [0.15, 0.2) is 42.5 Å². The van der Waals surface area contributed by atoms with Crippen molar-refractivity contribution in [3.05, 3.63) is 65.0 Å². The number of ketones is 1. The van der Waals surface area contributed by atoms with Crippen molar-refractivity contribution in [2.75, 3.05) is 13.7 Å². The first-order chi connectivity index (χ1) is 12.9. The Hall–Kier alpha value is -3.22. The number of amides is 1. The van der Waals surface area contributed by atoms with Gasteiger partial charge in [0.05, 0.1) is 13.5 Å². The lowest BCUT2D eigenvalue weighted by Gasteiger charge is -2.10. The fourth-order valence-corrected chi connectivity index (χ4v) is 2.34. The predicted molar refractivity (Wildman–Crippen MR) is 95.9 cm³/mol. The lowest BCUT2D eigenvalue weighted by Crippen LogP contribution is -2.28. The van der Waals surface area contributed by atoms with Crippen LogP contribution in [0.4, 0.5) is 4.39 Å². The number of rotatable bonds is 8. The van der Waals surface area contributed by atoms with Crippen molar-refractivity contribution < 1.29 is 28.2 Å². The molecule has 0 aliphatic heterocycles. The van der Waals surface area contributed by atoms with Crippen molar-refractivity contribution in [2.24, 2.45) is 0 Å². The second kappa shape index (κ2) is 9.47. The number of ether oxygens (including phenoxy) is 2. The summed E-state index contributed by atoms with van der Waals surface area (Å²) in [5.74, 6) is -1.13. The average molecular weight is 373 g/mol. The van der Waals surface area contributed by atoms with E-state index in [2.05, 4.69) is 5.32 Å². The number of carbonyl (C=O) groups excluding carboxylic acids is 3. The number of nitrogens with one attached hydrogen (secondary N) is 1. The molecule has 2 aromatic rings. The van der Waals surface area contributed by atoms with Crippen LogP contribution in [-0.4, -0.2) is 31.4 Å². The van der Waals surface area contributed by atoms with E-state index < -0.39 is 18.5 Å². The second-order valence-corrected chi connectivity index (χ2v) is 5.82. The van der Waals surface area contributed by atoms with E-state index >= 15 is 0 Å². The molecular weight excluding hydrogens is 353 g/mol. The summed E-state index contributed by atoms with van der Waals surface area (Å²) >= 11 is 0. The Labute approximate surface area is 156 Å². The molecule has 1 amide bonds. The number of halogens is 1. The summed E-state index contributed by atoms with van der Waals surface area (Å²) in [6.45, 7) is 1.19. The molecule has 142 valence electrons. The van der Waals surface area contributed by atoms with E-state index in [-0.39, 0.29) is 24.6 Å².